The van der Waals surface area contributed by atoms with Crippen LogP contribution in [0.5, 0.6) is 0 Å². The largest absolute Gasteiger partial charge is 0.222 e. The molecule has 112 valence electrons. The minimum atomic E-state index is -4.94. The van der Waals surface area contributed by atoms with E-state index in [1.54, 1.807) is 7.11 Å². The van der Waals surface area contributed by atoms with Gasteiger partial charge in [-0.15, -0.1) is 10.2 Å². The minimum absolute atomic E-state index is 0.0469. The maximum Gasteiger partial charge on any atom is -0.112 e. The van der Waals surface area contributed by atoms with Crippen LogP contribution in [-0.4, -0.2) is 27.0 Å². The molecule has 0 aromatic carbocycles. The van der Waals surface area contributed by atoms with Crippen molar-refractivity contribution in [3.63, 3.8) is 0 Å². The first-order valence-corrected chi connectivity index (χ1v) is 10.7. The number of carbonyl (C=O) groups is 1. The molecule has 0 bridgehead atoms. The molecule has 8 heteroatoms. The maximum absolute atomic E-state index is 11.9. The zero-order chi connectivity index (χ0) is 14.5. The Hall–Kier alpha value is 0.119. The molecule has 0 N–H and O–H groups in total. The van der Waals surface area contributed by atoms with E-state index < -0.39 is 24.1 Å². The van der Waals surface area contributed by atoms with E-state index in [0.717, 1.165) is 12.8 Å². The zero-order valence-corrected chi connectivity index (χ0v) is 13.4. The smallest absolute Gasteiger partial charge is 0.112 e. The summed E-state index contributed by atoms with van der Waals surface area (Å²) in [5.74, 6) is 0.127. The van der Waals surface area contributed by atoms with E-state index in [0.29, 0.717) is 0 Å². The number of carbonyl (C=O) groups excluding carboxylic acids is 1. The van der Waals surface area contributed by atoms with Crippen molar-refractivity contribution in [1.29, 1.82) is 0 Å². The Kier molecular flexibility index (Phi) is 6.53. The van der Waals surface area contributed by atoms with Crippen molar-refractivity contribution in [1.82, 2.24) is 0 Å². The van der Waals surface area contributed by atoms with Gasteiger partial charge in [0.2, 0.25) is 0 Å². The van der Waals surface area contributed by atoms with Crippen molar-refractivity contribution in [3.05, 3.63) is 0 Å². The normalized spacial score (nSPS) is 30.7. The van der Waals surface area contributed by atoms with Crippen LogP contribution in [0.15, 0.2) is 0 Å². The number of rotatable bonds is 1. The number of methoxy groups -OCH3 is 1. The predicted octanol–water partition coefficient (Wildman–Crippen LogP) is -1.99. The molecule has 2 rings (SSSR count). The van der Waals surface area contributed by atoms with Crippen LogP contribution in [0.4, 0.5) is 0 Å². The molecule has 0 amide bonds. The summed E-state index contributed by atoms with van der Waals surface area (Å²) in [5, 5.41) is 2.74. The van der Waals surface area contributed by atoms with Gasteiger partial charge < -0.3 is 0 Å². The van der Waals surface area contributed by atoms with Crippen LogP contribution in [0.25, 0.3) is 0 Å². The second-order valence-electron chi connectivity index (χ2n) is 4.68. The molecule has 0 unspecified atom stereocenters. The Morgan fingerprint density at radius 1 is 1.05 bits per heavy atom. The first-order chi connectivity index (χ1) is 8.79. The Bertz CT molecular complexity index is 288. The fourth-order valence-corrected chi connectivity index (χ4v) is 9.66. The van der Waals surface area contributed by atoms with Crippen LogP contribution >= 0.6 is 0 Å². The monoisotopic (exact) mass is 362 g/mol. The number of ether oxygens (including phenoxy) is 1. The van der Waals surface area contributed by atoms with Gasteiger partial charge in [0.1, 0.15) is 0 Å². The number of fused-ring (bicyclic) bond motifs is 1. The molecule has 0 radical (unpaired) electrons. The Morgan fingerprint density at radius 2 is 1.47 bits per heavy atom. The van der Waals surface area contributed by atoms with Crippen LogP contribution in [0.3, 0.4) is 0 Å². The summed E-state index contributed by atoms with van der Waals surface area (Å²) in [5.41, 5.74) is 0. The summed E-state index contributed by atoms with van der Waals surface area (Å²) < 4.78 is 39.1. The Labute approximate surface area is 119 Å². The molecule has 2 aliphatic rings. The topological polar surface area (TPSA) is 119 Å². The van der Waals surface area contributed by atoms with Gasteiger partial charge in [-0.2, -0.15) is 0 Å². The fourth-order valence-electron chi connectivity index (χ4n) is 2.79. The number of esters is 1. The first kappa shape index (κ1) is 17.2. The predicted molar refractivity (Wildman–Crippen MR) is 57.8 cm³/mol. The molecule has 6 nitrogen and oxygen atoms in total. The fraction of sp³-hybridized carbons (Fsp3) is 0.909. The number of halogens is 1. The van der Waals surface area contributed by atoms with E-state index in [1.807, 2.05) is 0 Å². The summed E-state index contributed by atoms with van der Waals surface area (Å²) in [6.07, 6.45) is 7.48. The second kappa shape index (κ2) is 7.22. The van der Waals surface area contributed by atoms with Crippen LogP contribution in [-0.2, 0) is 9.53 Å². The molecule has 0 saturated carbocycles. The summed E-state index contributed by atoms with van der Waals surface area (Å²) in [6, 6.07) is 0. The van der Waals surface area contributed by atoms with Gasteiger partial charge in [0, 0.05) is 0 Å². The van der Waals surface area contributed by atoms with Gasteiger partial charge in [-0.05, 0) is 0 Å². The molecule has 0 aromatic heterocycles. The van der Waals surface area contributed by atoms with E-state index in [-0.39, 0.29) is 10.3 Å². The molecule has 0 aliphatic carbocycles. The Balaban J connectivity index is 0.000000312. The van der Waals surface area contributed by atoms with E-state index in [9.17, 15) is 4.79 Å². The quantitative estimate of drug-likeness (QED) is 0.394. The molecule has 2 aliphatic heterocycles. The van der Waals surface area contributed by atoms with Crippen molar-refractivity contribution in [3.8, 4) is 0 Å². The van der Waals surface area contributed by atoms with E-state index >= 15 is 0 Å². The molecular formula is C11H19ClO6Se. The van der Waals surface area contributed by atoms with Gasteiger partial charge in [-0.25, -0.2) is 18.6 Å². The van der Waals surface area contributed by atoms with Gasteiger partial charge in [0.15, 0.2) is 0 Å². The van der Waals surface area contributed by atoms with Crippen LogP contribution in [0.1, 0.15) is 38.5 Å². The third-order valence-electron chi connectivity index (χ3n) is 3.55. The Morgan fingerprint density at radius 3 is 1.84 bits per heavy atom. The minimum Gasteiger partial charge on any atom is -0.222 e. The SMILES string of the molecule is COC(=O)C12CCCC[Se+]1CCCC2.[O-][Cl+3]([O-])([O-])[O-]. The van der Waals surface area contributed by atoms with Gasteiger partial charge >= 0.3 is 90.0 Å². The van der Waals surface area contributed by atoms with Crippen LogP contribution < -0.4 is 18.6 Å². The molecule has 19 heavy (non-hydrogen) atoms. The van der Waals surface area contributed by atoms with Crippen molar-refractivity contribution in [2.24, 2.45) is 0 Å². The van der Waals surface area contributed by atoms with Gasteiger partial charge in [0.05, 0.1) is 0 Å². The van der Waals surface area contributed by atoms with E-state index in [1.165, 1.54) is 36.3 Å². The average Bonchev–Trinajstić information content (AvgIpc) is 2.35. The van der Waals surface area contributed by atoms with Crippen molar-refractivity contribution < 1.29 is 38.4 Å². The standard InChI is InChI=1S/C11H19O2Se.ClHO4/c1-13-10(12)11-6-2-4-8-14(11)9-5-3-7-11;2-1(3,4)5/h2-9H2,1H3;(H,2,3,4,5)/q+1;/p-1. The van der Waals surface area contributed by atoms with Crippen LogP contribution in [0, 0.1) is 10.2 Å². The zero-order valence-electron chi connectivity index (χ0n) is 10.9. The van der Waals surface area contributed by atoms with E-state index in [4.69, 9.17) is 23.4 Å². The molecule has 0 aromatic rings. The third-order valence-corrected chi connectivity index (χ3v) is 10.4. The summed E-state index contributed by atoms with van der Waals surface area (Å²) in [4.78, 5) is 11.9. The second-order valence-corrected chi connectivity index (χ2v) is 10.9. The van der Waals surface area contributed by atoms with Gasteiger partial charge in [-0.3, -0.25) is 0 Å². The van der Waals surface area contributed by atoms with Gasteiger partial charge in [-0.1, -0.05) is 0 Å². The number of hydrogen-bond donors (Lipinski definition) is 0. The molecular weight excluding hydrogens is 343 g/mol. The van der Waals surface area contributed by atoms with E-state index in [2.05, 4.69) is 0 Å². The first-order valence-electron chi connectivity index (χ1n) is 6.17. The summed E-state index contributed by atoms with van der Waals surface area (Å²) in [6.45, 7) is 0. The maximum atomic E-state index is 11.9. The molecule has 0 spiro atoms. The van der Waals surface area contributed by atoms with Gasteiger partial charge in [0.25, 0.3) is 0 Å². The molecule has 0 atom stereocenters. The van der Waals surface area contributed by atoms with Crippen molar-refractivity contribution in [2.45, 2.75) is 53.5 Å². The van der Waals surface area contributed by atoms with Crippen molar-refractivity contribution >= 4 is 19.9 Å². The molecule has 2 fully saturated rings. The summed E-state index contributed by atoms with van der Waals surface area (Å²) >= 11 is -0.675. The van der Waals surface area contributed by atoms with Crippen LogP contribution in [0.2, 0.25) is 15.0 Å². The van der Waals surface area contributed by atoms with Crippen molar-refractivity contribution in [2.75, 3.05) is 7.11 Å². The third kappa shape index (κ3) is 5.19. The molecule has 2 heterocycles. The average molecular weight is 362 g/mol. The number of hydrogen-bond acceptors (Lipinski definition) is 6. The summed E-state index contributed by atoms with van der Waals surface area (Å²) in [7, 11) is -3.39. The molecule has 2 saturated heterocycles.